The number of carbonyl (C=O) groups excluding carboxylic acids is 1. The van der Waals surface area contributed by atoms with Crippen molar-refractivity contribution < 1.29 is 18.0 Å². The van der Waals surface area contributed by atoms with Crippen molar-refractivity contribution >= 4 is 17.7 Å². The largest absolute Gasteiger partial charge is 0.433 e. The molecule has 1 aliphatic rings. The lowest BCUT2D eigenvalue weighted by molar-refractivity contribution is -0.142. The van der Waals surface area contributed by atoms with Crippen molar-refractivity contribution in [1.82, 2.24) is 24.8 Å². The maximum Gasteiger partial charge on any atom is 0.433 e. The molecule has 6 nitrogen and oxygen atoms in total. The molecule has 0 saturated carbocycles. The third kappa shape index (κ3) is 5.07. The zero-order chi connectivity index (χ0) is 21.8. The van der Waals surface area contributed by atoms with Crippen molar-refractivity contribution in [3.05, 3.63) is 59.8 Å². The van der Waals surface area contributed by atoms with E-state index in [2.05, 4.69) is 20.3 Å². The van der Waals surface area contributed by atoms with Crippen molar-refractivity contribution in [2.24, 2.45) is 0 Å². The number of carbonyl (C=O) groups is 1. The van der Waals surface area contributed by atoms with Gasteiger partial charge in [-0.15, -0.1) is 0 Å². The second-order valence-corrected chi connectivity index (χ2v) is 8.07. The summed E-state index contributed by atoms with van der Waals surface area (Å²) < 4.78 is 42.9. The Balaban J connectivity index is 1.44. The van der Waals surface area contributed by atoms with Gasteiger partial charge in [0.15, 0.2) is 10.9 Å². The molecule has 0 fully saturated rings. The van der Waals surface area contributed by atoms with E-state index in [9.17, 15) is 18.0 Å². The van der Waals surface area contributed by atoms with Crippen LogP contribution in [-0.4, -0.2) is 37.7 Å². The van der Waals surface area contributed by atoms with E-state index in [1.54, 1.807) is 24.7 Å². The van der Waals surface area contributed by atoms with Crippen LogP contribution >= 0.6 is 11.8 Å². The molecule has 1 aliphatic carbocycles. The summed E-state index contributed by atoms with van der Waals surface area (Å²) in [7, 11) is 0. The second kappa shape index (κ2) is 9.09. The van der Waals surface area contributed by atoms with Crippen LogP contribution in [-0.2, 0) is 30.4 Å². The molecule has 1 aromatic carbocycles. The number of aromatic nitrogens is 4. The third-order valence-electron chi connectivity index (χ3n) is 4.98. The van der Waals surface area contributed by atoms with Gasteiger partial charge >= 0.3 is 6.18 Å². The minimum Gasteiger partial charge on any atom is -0.355 e. The van der Waals surface area contributed by atoms with Gasteiger partial charge in [0.05, 0.1) is 17.8 Å². The topological polar surface area (TPSA) is 72.7 Å². The fraction of sp³-hybridized carbons (Fsp3) is 0.333. The average molecular weight is 447 g/mol. The predicted molar refractivity (Wildman–Crippen MR) is 110 cm³/mol. The van der Waals surface area contributed by atoms with E-state index in [-0.39, 0.29) is 28.8 Å². The summed E-state index contributed by atoms with van der Waals surface area (Å²) >= 11 is 0.913. The summed E-state index contributed by atoms with van der Waals surface area (Å²) in [5.41, 5.74) is 1.19. The number of hydrogen-bond acceptors (Lipinski definition) is 5. The highest BCUT2D eigenvalue weighted by Crippen LogP contribution is 2.40. The number of benzene rings is 1. The van der Waals surface area contributed by atoms with Crippen molar-refractivity contribution in [1.29, 1.82) is 0 Å². The number of thioether (sulfide) groups is 1. The molecule has 2 aromatic heterocycles. The van der Waals surface area contributed by atoms with Gasteiger partial charge in [-0.3, -0.25) is 4.79 Å². The molecule has 3 aromatic rings. The molecule has 31 heavy (non-hydrogen) atoms. The molecular weight excluding hydrogens is 427 g/mol. The van der Waals surface area contributed by atoms with E-state index in [1.807, 2.05) is 22.9 Å². The molecule has 4 rings (SSSR count). The van der Waals surface area contributed by atoms with Crippen molar-refractivity contribution in [3.63, 3.8) is 0 Å². The van der Waals surface area contributed by atoms with Gasteiger partial charge in [-0.2, -0.15) is 13.2 Å². The summed E-state index contributed by atoms with van der Waals surface area (Å²) in [4.78, 5) is 24.2. The smallest absolute Gasteiger partial charge is 0.355 e. The Bertz CT molecular complexity index is 1070. The molecule has 162 valence electrons. The number of imidazole rings is 1. The molecule has 0 bridgehead atoms. The maximum atomic E-state index is 13.7. The molecule has 10 heteroatoms. The van der Waals surface area contributed by atoms with Crippen LogP contribution in [0.25, 0.3) is 11.3 Å². The summed E-state index contributed by atoms with van der Waals surface area (Å²) in [5.74, 6) is -0.325. The fourth-order valence-corrected chi connectivity index (χ4v) is 4.21. The first-order valence-corrected chi connectivity index (χ1v) is 10.8. The Labute approximate surface area is 181 Å². The normalized spacial score (nSPS) is 12.9. The molecule has 1 amide bonds. The van der Waals surface area contributed by atoms with E-state index < -0.39 is 11.9 Å². The first kappa shape index (κ1) is 21.4. The number of nitrogens with one attached hydrogen (secondary N) is 1. The van der Waals surface area contributed by atoms with E-state index in [1.165, 1.54) is 0 Å². The van der Waals surface area contributed by atoms with Crippen LogP contribution in [0.4, 0.5) is 13.2 Å². The summed E-state index contributed by atoms with van der Waals surface area (Å²) in [5, 5.41) is 2.72. The van der Waals surface area contributed by atoms with Crippen molar-refractivity contribution in [2.75, 3.05) is 12.3 Å². The summed E-state index contributed by atoms with van der Waals surface area (Å²) in [6.45, 7) is 1.18. The van der Waals surface area contributed by atoms with Crippen LogP contribution in [0.2, 0.25) is 0 Å². The number of fused-ring (bicyclic) bond motifs is 3. The van der Waals surface area contributed by atoms with Gasteiger partial charge in [0, 0.05) is 36.6 Å². The maximum absolute atomic E-state index is 13.7. The van der Waals surface area contributed by atoms with Crippen LogP contribution < -0.4 is 5.32 Å². The Kier molecular flexibility index (Phi) is 6.26. The SMILES string of the molecule is O=C(CSc1nc2c(c(C(F)(F)F)n1)CCc1ccccc1-2)NCCCn1ccnc1. The van der Waals surface area contributed by atoms with E-state index >= 15 is 0 Å². The Morgan fingerprint density at radius 2 is 2.03 bits per heavy atom. The van der Waals surface area contributed by atoms with E-state index in [0.717, 1.165) is 30.3 Å². The third-order valence-corrected chi connectivity index (χ3v) is 5.83. The van der Waals surface area contributed by atoms with Gasteiger partial charge in [0.2, 0.25) is 5.91 Å². The molecular formula is C21H20F3N5OS. The van der Waals surface area contributed by atoms with Crippen LogP contribution in [0, 0.1) is 0 Å². The lowest BCUT2D eigenvalue weighted by Crippen LogP contribution is -2.27. The van der Waals surface area contributed by atoms with E-state index in [4.69, 9.17) is 0 Å². The number of hydrogen-bond donors (Lipinski definition) is 1. The monoisotopic (exact) mass is 447 g/mol. The van der Waals surface area contributed by atoms with Crippen LogP contribution in [0.5, 0.6) is 0 Å². The van der Waals surface area contributed by atoms with Gasteiger partial charge in [0.25, 0.3) is 0 Å². The predicted octanol–water partition coefficient (Wildman–Crippen LogP) is 3.76. The Hall–Kier alpha value is -2.88. The molecule has 0 radical (unpaired) electrons. The minimum absolute atomic E-state index is 0.0451. The number of rotatable bonds is 7. The molecule has 0 aliphatic heterocycles. The zero-order valence-corrected chi connectivity index (χ0v) is 17.3. The van der Waals surface area contributed by atoms with Crippen molar-refractivity contribution in [2.45, 2.75) is 37.1 Å². The second-order valence-electron chi connectivity index (χ2n) is 7.13. The standard InChI is InChI=1S/C21H20F3N5OS/c22-21(23,24)19-16-7-6-14-4-1-2-5-15(14)18(16)27-20(28-19)31-12-17(30)26-8-3-10-29-11-9-25-13-29/h1-2,4-5,9,11,13H,3,6-8,10,12H2,(H,26,30). The number of halogens is 3. The quantitative estimate of drug-likeness (QED) is 0.339. The van der Waals surface area contributed by atoms with Crippen LogP contribution in [0.3, 0.4) is 0 Å². The van der Waals surface area contributed by atoms with Gasteiger partial charge in [-0.05, 0) is 24.8 Å². The molecule has 2 heterocycles. The highest BCUT2D eigenvalue weighted by Gasteiger charge is 2.38. The first-order chi connectivity index (χ1) is 14.9. The van der Waals surface area contributed by atoms with Gasteiger partial charge in [-0.25, -0.2) is 15.0 Å². The number of amides is 1. The minimum atomic E-state index is -4.58. The number of alkyl halides is 3. The highest BCUT2D eigenvalue weighted by atomic mass is 32.2. The number of aryl methyl sites for hydroxylation is 2. The fourth-order valence-electron chi connectivity index (χ4n) is 3.54. The highest BCUT2D eigenvalue weighted by molar-refractivity contribution is 7.99. The lowest BCUT2D eigenvalue weighted by Gasteiger charge is -2.22. The first-order valence-electron chi connectivity index (χ1n) is 9.83. The van der Waals surface area contributed by atoms with Gasteiger partial charge in [0.1, 0.15) is 0 Å². The van der Waals surface area contributed by atoms with Gasteiger partial charge < -0.3 is 9.88 Å². The molecule has 0 unspecified atom stereocenters. The molecule has 0 spiro atoms. The lowest BCUT2D eigenvalue weighted by atomic mass is 9.88. The zero-order valence-electron chi connectivity index (χ0n) is 16.5. The average Bonchev–Trinajstić information content (AvgIpc) is 3.27. The van der Waals surface area contributed by atoms with Crippen LogP contribution in [0.1, 0.15) is 23.2 Å². The van der Waals surface area contributed by atoms with Crippen LogP contribution in [0.15, 0.2) is 48.1 Å². The molecule has 0 saturated heterocycles. The summed E-state index contributed by atoms with van der Waals surface area (Å²) in [6, 6.07) is 7.33. The molecule has 1 N–H and O–H groups in total. The Morgan fingerprint density at radius 1 is 1.19 bits per heavy atom. The number of nitrogens with zero attached hydrogens (tertiary/aromatic N) is 4. The summed E-state index contributed by atoms with van der Waals surface area (Å²) in [6.07, 6.45) is 2.11. The van der Waals surface area contributed by atoms with Crippen molar-refractivity contribution in [3.8, 4) is 11.3 Å². The molecule has 0 atom stereocenters. The van der Waals surface area contributed by atoms with E-state index in [0.29, 0.717) is 24.2 Å². The Morgan fingerprint density at radius 3 is 2.81 bits per heavy atom. The van der Waals surface area contributed by atoms with Gasteiger partial charge in [-0.1, -0.05) is 36.0 Å².